The lowest BCUT2D eigenvalue weighted by molar-refractivity contribution is 0.0607. The van der Waals surface area contributed by atoms with Gasteiger partial charge in [-0.05, 0) is 12.1 Å². The molecule has 1 aromatic carbocycles. The molecular weight excluding hydrogens is 308 g/mol. The topological polar surface area (TPSA) is 41.9 Å². The van der Waals surface area contributed by atoms with E-state index in [0.29, 0.717) is 15.6 Å². The summed E-state index contributed by atoms with van der Waals surface area (Å²) in [6, 6.07) is 9.34. The molecule has 0 unspecified atom stereocenters. The number of hydrogen-bond donors (Lipinski definition) is 0. The third-order valence-corrected chi connectivity index (χ3v) is 4.12. The minimum atomic E-state index is -0.399. The highest BCUT2D eigenvalue weighted by atomic mass is 35.5. The van der Waals surface area contributed by atoms with Crippen LogP contribution < -0.4 is 0 Å². The number of benzene rings is 1. The number of thiophene rings is 1. The lowest BCUT2D eigenvalue weighted by Crippen LogP contribution is -2.07. The number of nitrogens with zero attached hydrogens (tertiary/aromatic N) is 2. The third-order valence-electron chi connectivity index (χ3n) is 2.65. The molecule has 0 spiro atoms. The molecule has 0 bridgehead atoms. The summed E-state index contributed by atoms with van der Waals surface area (Å²) in [5, 5.41) is 0.637. The second-order valence-corrected chi connectivity index (χ2v) is 5.96. The van der Waals surface area contributed by atoms with Crippen LogP contribution in [0.25, 0.3) is 10.4 Å². The average Bonchev–Trinajstić information content (AvgIpc) is 2.88. The predicted molar refractivity (Wildman–Crippen MR) is 87.9 cm³/mol. The first-order chi connectivity index (χ1) is 10.0. The van der Waals surface area contributed by atoms with E-state index >= 15 is 0 Å². The van der Waals surface area contributed by atoms with Crippen LogP contribution in [0.4, 0.5) is 5.69 Å². The van der Waals surface area contributed by atoms with Crippen molar-refractivity contribution in [1.29, 1.82) is 0 Å². The Labute approximate surface area is 132 Å². The van der Waals surface area contributed by atoms with Gasteiger partial charge in [-0.25, -0.2) is 9.79 Å². The van der Waals surface area contributed by atoms with Gasteiger partial charge in [-0.1, -0.05) is 29.8 Å². The van der Waals surface area contributed by atoms with Gasteiger partial charge in [-0.2, -0.15) is 0 Å². The largest absolute Gasteiger partial charge is 0.465 e. The van der Waals surface area contributed by atoms with Crippen LogP contribution in [0.2, 0.25) is 5.02 Å². The number of hydrogen-bond acceptors (Lipinski definition) is 4. The molecule has 0 atom stereocenters. The Balaban J connectivity index is 2.50. The molecule has 0 N–H and O–H groups in total. The fourth-order valence-corrected chi connectivity index (χ4v) is 3.04. The molecule has 4 nitrogen and oxygen atoms in total. The number of carbonyl (C=O) groups excluding carboxylic acids is 1. The van der Waals surface area contributed by atoms with Gasteiger partial charge in [-0.15, -0.1) is 11.3 Å². The van der Waals surface area contributed by atoms with Gasteiger partial charge in [0.05, 0.1) is 19.1 Å². The third kappa shape index (κ3) is 3.62. The fourth-order valence-electron chi connectivity index (χ4n) is 1.69. The molecule has 0 aliphatic rings. The highest BCUT2D eigenvalue weighted by Gasteiger charge is 2.18. The molecular formula is C15H15ClN2O2S. The molecule has 2 rings (SSSR count). The zero-order valence-corrected chi connectivity index (χ0v) is 13.5. The molecule has 0 fully saturated rings. The standard InChI is InChI=1S/C15H15ClN2O2S/c1-18(2)9-17-12-8-13(21-14(12)15(19)20-3)10-6-4-5-7-11(10)16/h4-9H,1-3H3. The summed E-state index contributed by atoms with van der Waals surface area (Å²) in [7, 11) is 5.09. The molecule has 1 heterocycles. The molecule has 21 heavy (non-hydrogen) atoms. The van der Waals surface area contributed by atoms with Crippen LogP contribution in [0.5, 0.6) is 0 Å². The van der Waals surface area contributed by atoms with Gasteiger partial charge < -0.3 is 9.64 Å². The fraction of sp³-hybridized carbons (Fsp3) is 0.200. The summed E-state index contributed by atoms with van der Waals surface area (Å²) in [4.78, 5) is 19.3. The number of ether oxygens (including phenoxy) is 1. The Kier molecular flexibility index (Phi) is 4.98. The first-order valence-corrected chi connectivity index (χ1v) is 7.40. The number of esters is 1. The molecule has 0 amide bonds. The molecule has 1 aromatic heterocycles. The maximum Gasteiger partial charge on any atom is 0.350 e. The summed E-state index contributed by atoms with van der Waals surface area (Å²) >= 11 is 7.53. The van der Waals surface area contributed by atoms with Crippen LogP contribution in [0.15, 0.2) is 35.3 Å². The summed E-state index contributed by atoms with van der Waals surface area (Å²) in [5.41, 5.74) is 1.45. The number of carbonyl (C=O) groups is 1. The van der Waals surface area contributed by atoms with E-state index in [2.05, 4.69) is 4.99 Å². The average molecular weight is 323 g/mol. The second kappa shape index (κ2) is 6.74. The van der Waals surface area contributed by atoms with Gasteiger partial charge in [0.2, 0.25) is 0 Å². The summed E-state index contributed by atoms with van der Waals surface area (Å²) in [6.45, 7) is 0. The monoisotopic (exact) mass is 322 g/mol. The highest BCUT2D eigenvalue weighted by Crippen LogP contribution is 2.39. The van der Waals surface area contributed by atoms with E-state index < -0.39 is 5.97 Å². The lowest BCUT2D eigenvalue weighted by Gasteiger charge is -2.02. The van der Waals surface area contributed by atoms with Crippen molar-refractivity contribution in [2.45, 2.75) is 0 Å². The zero-order valence-electron chi connectivity index (χ0n) is 12.0. The quantitative estimate of drug-likeness (QED) is 0.484. The Bertz CT molecular complexity index is 680. The number of methoxy groups -OCH3 is 1. The van der Waals surface area contributed by atoms with Crippen LogP contribution in [-0.4, -0.2) is 38.4 Å². The van der Waals surface area contributed by atoms with Gasteiger partial charge >= 0.3 is 5.97 Å². The van der Waals surface area contributed by atoms with Gasteiger partial charge in [0.1, 0.15) is 4.88 Å². The van der Waals surface area contributed by atoms with Crippen molar-refractivity contribution >= 4 is 40.9 Å². The Hall–Kier alpha value is -1.85. The normalized spacial score (nSPS) is 10.9. The van der Waals surface area contributed by atoms with E-state index in [1.165, 1.54) is 18.4 Å². The van der Waals surface area contributed by atoms with Crippen LogP contribution >= 0.6 is 22.9 Å². The predicted octanol–water partition coefficient (Wildman–Crippen LogP) is 4.08. The smallest absolute Gasteiger partial charge is 0.350 e. The van der Waals surface area contributed by atoms with Gasteiger partial charge in [0, 0.05) is 29.6 Å². The van der Waals surface area contributed by atoms with E-state index in [9.17, 15) is 4.79 Å². The SMILES string of the molecule is COC(=O)c1sc(-c2ccccc2Cl)cc1N=CN(C)C. The van der Waals surface area contributed by atoms with Crippen LogP contribution in [0, 0.1) is 0 Å². The van der Waals surface area contributed by atoms with Gasteiger partial charge in [0.15, 0.2) is 0 Å². The van der Waals surface area contributed by atoms with E-state index in [1.807, 2.05) is 44.4 Å². The van der Waals surface area contributed by atoms with Crippen molar-refractivity contribution < 1.29 is 9.53 Å². The Morgan fingerprint density at radius 2 is 2.10 bits per heavy atom. The van der Waals surface area contributed by atoms with Crippen molar-refractivity contribution in [3.05, 3.63) is 40.2 Å². The maximum absolute atomic E-state index is 11.9. The van der Waals surface area contributed by atoms with Crippen molar-refractivity contribution in [3.8, 4) is 10.4 Å². The molecule has 0 saturated heterocycles. The number of rotatable bonds is 4. The first-order valence-electron chi connectivity index (χ1n) is 6.20. The second-order valence-electron chi connectivity index (χ2n) is 4.50. The maximum atomic E-state index is 11.9. The van der Waals surface area contributed by atoms with Crippen molar-refractivity contribution in [2.24, 2.45) is 4.99 Å². The number of halogens is 1. The minimum Gasteiger partial charge on any atom is -0.465 e. The van der Waals surface area contributed by atoms with E-state index in [0.717, 1.165) is 10.4 Å². The molecule has 0 aliphatic heterocycles. The van der Waals surface area contributed by atoms with Crippen LogP contribution in [0.3, 0.4) is 0 Å². The molecule has 0 saturated carbocycles. The highest BCUT2D eigenvalue weighted by molar-refractivity contribution is 7.18. The van der Waals surface area contributed by atoms with Gasteiger partial charge in [-0.3, -0.25) is 0 Å². The Morgan fingerprint density at radius 1 is 1.38 bits per heavy atom. The van der Waals surface area contributed by atoms with Crippen molar-refractivity contribution in [1.82, 2.24) is 4.90 Å². The molecule has 110 valence electrons. The summed E-state index contributed by atoms with van der Waals surface area (Å²) in [6.07, 6.45) is 1.64. The summed E-state index contributed by atoms with van der Waals surface area (Å²) in [5.74, 6) is -0.399. The first kappa shape index (κ1) is 15.5. The molecule has 6 heteroatoms. The Morgan fingerprint density at radius 3 is 2.71 bits per heavy atom. The van der Waals surface area contributed by atoms with Crippen molar-refractivity contribution in [2.75, 3.05) is 21.2 Å². The lowest BCUT2D eigenvalue weighted by atomic mass is 10.2. The van der Waals surface area contributed by atoms with Crippen LogP contribution in [-0.2, 0) is 4.74 Å². The van der Waals surface area contributed by atoms with Crippen LogP contribution in [0.1, 0.15) is 9.67 Å². The molecule has 0 aliphatic carbocycles. The molecule has 2 aromatic rings. The van der Waals surface area contributed by atoms with E-state index in [-0.39, 0.29) is 0 Å². The zero-order chi connectivity index (χ0) is 15.4. The van der Waals surface area contributed by atoms with E-state index in [1.54, 1.807) is 11.2 Å². The van der Waals surface area contributed by atoms with Crippen molar-refractivity contribution in [3.63, 3.8) is 0 Å². The molecule has 0 radical (unpaired) electrons. The summed E-state index contributed by atoms with van der Waals surface area (Å²) < 4.78 is 4.81. The van der Waals surface area contributed by atoms with Gasteiger partial charge in [0.25, 0.3) is 0 Å². The van der Waals surface area contributed by atoms with E-state index in [4.69, 9.17) is 16.3 Å². The minimum absolute atomic E-state index is 0.399. The number of aliphatic imine (C=N–C) groups is 1.